The number of fused-ring (bicyclic) bond motifs is 2. The number of carbonyl (C=O) groups is 1. The first-order chi connectivity index (χ1) is 11.0. The standard InChI is InChI=1S/C20H30O4/c1-10-6-7-13-14(19(13,4)5)8-11(2)18(23)20(24)9-12(3)17(22)15(20)16(10)21/h8,12-17,21-22,24H,1,6-7,9H2,2-5H3/b11-8+/t12-,13-,14-,15-,16+,17-,20+/m0/s1. The molecule has 0 aromatic rings. The third-order valence-corrected chi connectivity index (χ3v) is 6.99. The molecule has 3 aliphatic carbocycles. The van der Waals surface area contributed by atoms with Crippen LogP contribution < -0.4 is 0 Å². The third-order valence-electron chi connectivity index (χ3n) is 6.99. The molecule has 2 fully saturated rings. The predicted molar refractivity (Wildman–Crippen MR) is 92.1 cm³/mol. The van der Waals surface area contributed by atoms with Crippen molar-refractivity contribution in [3.63, 3.8) is 0 Å². The average Bonchev–Trinajstić information content (AvgIpc) is 2.91. The minimum atomic E-state index is -1.72. The highest BCUT2D eigenvalue weighted by molar-refractivity contribution is 6.02. The zero-order valence-electron chi connectivity index (χ0n) is 15.1. The van der Waals surface area contributed by atoms with Crippen molar-refractivity contribution in [2.45, 2.75) is 64.8 Å². The number of Topliss-reactive ketones (excluding diaryl/α,β-unsaturated/α-hetero) is 1. The Balaban J connectivity index is 2.04. The summed E-state index contributed by atoms with van der Waals surface area (Å²) in [6.45, 7) is 11.9. The van der Waals surface area contributed by atoms with Gasteiger partial charge in [-0.25, -0.2) is 0 Å². The van der Waals surface area contributed by atoms with Gasteiger partial charge < -0.3 is 15.3 Å². The van der Waals surface area contributed by atoms with Crippen LogP contribution in [0.2, 0.25) is 0 Å². The van der Waals surface area contributed by atoms with Gasteiger partial charge in [0.2, 0.25) is 0 Å². The van der Waals surface area contributed by atoms with E-state index in [0.717, 1.165) is 6.42 Å². The maximum atomic E-state index is 13.0. The van der Waals surface area contributed by atoms with Crippen molar-refractivity contribution in [1.29, 1.82) is 0 Å². The molecule has 0 amide bonds. The minimum absolute atomic E-state index is 0.135. The second-order valence-corrected chi connectivity index (χ2v) is 8.90. The number of allylic oxidation sites excluding steroid dienone is 1. The van der Waals surface area contributed by atoms with Crippen LogP contribution in [0, 0.1) is 29.1 Å². The molecule has 0 saturated heterocycles. The van der Waals surface area contributed by atoms with Gasteiger partial charge in [-0.2, -0.15) is 0 Å². The van der Waals surface area contributed by atoms with Crippen molar-refractivity contribution in [3.05, 3.63) is 23.8 Å². The maximum absolute atomic E-state index is 13.0. The van der Waals surface area contributed by atoms with Gasteiger partial charge in [0.05, 0.1) is 18.1 Å². The minimum Gasteiger partial charge on any atom is -0.392 e. The van der Waals surface area contributed by atoms with Crippen LogP contribution in [0.15, 0.2) is 23.8 Å². The molecule has 0 bridgehead atoms. The first-order valence-corrected chi connectivity index (χ1v) is 9.01. The van der Waals surface area contributed by atoms with E-state index in [1.807, 2.05) is 13.0 Å². The lowest BCUT2D eigenvalue weighted by Gasteiger charge is -2.34. The van der Waals surface area contributed by atoms with Crippen LogP contribution in [0.25, 0.3) is 0 Å². The molecule has 3 rings (SSSR count). The molecule has 0 aliphatic heterocycles. The Labute approximate surface area is 144 Å². The molecule has 7 atom stereocenters. The Morgan fingerprint density at radius 3 is 2.54 bits per heavy atom. The maximum Gasteiger partial charge on any atom is 0.190 e. The number of ketones is 1. The number of aliphatic hydroxyl groups excluding tert-OH is 2. The predicted octanol–water partition coefficient (Wildman–Crippen LogP) is 2.23. The van der Waals surface area contributed by atoms with E-state index in [0.29, 0.717) is 29.4 Å². The number of aliphatic hydroxyl groups is 3. The zero-order valence-corrected chi connectivity index (χ0v) is 15.1. The van der Waals surface area contributed by atoms with Crippen LogP contribution in [-0.4, -0.2) is 38.9 Å². The highest BCUT2D eigenvalue weighted by atomic mass is 16.3. The largest absolute Gasteiger partial charge is 0.392 e. The normalized spacial score (nSPS) is 50.4. The molecule has 24 heavy (non-hydrogen) atoms. The molecule has 3 aliphatic rings. The molecule has 3 N–H and O–H groups in total. The summed E-state index contributed by atoms with van der Waals surface area (Å²) in [5, 5.41) is 32.4. The Hall–Kier alpha value is -0.970. The summed E-state index contributed by atoms with van der Waals surface area (Å²) < 4.78 is 0. The fourth-order valence-electron chi connectivity index (χ4n) is 5.17. The topological polar surface area (TPSA) is 77.8 Å². The fourth-order valence-corrected chi connectivity index (χ4v) is 5.17. The highest BCUT2D eigenvalue weighted by Crippen LogP contribution is 2.62. The van der Waals surface area contributed by atoms with Crippen LogP contribution in [0.5, 0.6) is 0 Å². The molecule has 0 unspecified atom stereocenters. The molecule has 0 spiro atoms. The van der Waals surface area contributed by atoms with Crippen LogP contribution >= 0.6 is 0 Å². The summed E-state index contributed by atoms with van der Waals surface area (Å²) in [5.74, 6) is -0.729. The molecule has 134 valence electrons. The van der Waals surface area contributed by atoms with Crippen molar-refractivity contribution in [2.75, 3.05) is 0 Å². The lowest BCUT2D eigenvalue weighted by atomic mass is 9.77. The van der Waals surface area contributed by atoms with Crippen molar-refractivity contribution in [3.8, 4) is 0 Å². The van der Waals surface area contributed by atoms with E-state index in [2.05, 4.69) is 20.4 Å². The van der Waals surface area contributed by atoms with Gasteiger partial charge in [0.1, 0.15) is 5.60 Å². The van der Waals surface area contributed by atoms with Gasteiger partial charge in [-0.05, 0) is 60.5 Å². The molecule has 4 nitrogen and oxygen atoms in total. The van der Waals surface area contributed by atoms with Crippen LogP contribution in [0.4, 0.5) is 0 Å². The Bertz CT molecular complexity index is 605. The summed E-state index contributed by atoms with van der Waals surface area (Å²) >= 11 is 0. The van der Waals surface area contributed by atoms with E-state index in [-0.39, 0.29) is 23.5 Å². The summed E-state index contributed by atoms with van der Waals surface area (Å²) in [5.41, 5.74) is -0.429. The SMILES string of the molecule is C=C1CC[C@H]2[C@H](/C=C(\C)C(=O)[C@@]3(O)C[C@H](C)[C@H](O)[C@@H]3[C@@H]1O)C2(C)C. The van der Waals surface area contributed by atoms with Crippen molar-refractivity contribution >= 4 is 5.78 Å². The average molecular weight is 334 g/mol. The first kappa shape index (κ1) is 17.8. The third kappa shape index (κ3) is 2.42. The van der Waals surface area contributed by atoms with Crippen molar-refractivity contribution < 1.29 is 20.1 Å². The van der Waals surface area contributed by atoms with E-state index < -0.39 is 23.7 Å². The number of hydrogen-bond donors (Lipinski definition) is 3. The van der Waals surface area contributed by atoms with Gasteiger partial charge in [0, 0.05) is 0 Å². The Morgan fingerprint density at radius 1 is 1.29 bits per heavy atom. The first-order valence-electron chi connectivity index (χ1n) is 9.01. The molecular weight excluding hydrogens is 304 g/mol. The number of carbonyl (C=O) groups excluding carboxylic acids is 1. The van der Waals surface area contributed by atoms with Gasteiger partial charge in [0.15, 0.2) is 5.78 Å². The molecule has 4 heteroatoms. The molecule has 0 aromatic carbocycles. The van der Waals surface area contributed by atoms with E-state index in [4.69, 9.17) is 0 Å². The monoisotopic (exact) mass is 334 g/mol. The van der Waals surface area contributed by atoms with E-state index >= 15 is 0 Å². The van der Waals surface area contributed by atoms with Crippen molar-refractivity contribution in [2.24, 2.45) is 29.1 Å². The number of hydrogen-bond acceptors (Lipinski definition) is 4. The lowest BCUT2D eigenvalue weighted by Crippen LogP contribution is -2.50. The number of rotatable bonds is 0. The van der Waals surface area contributed by atoms with E-state index in [1.165, 1.54) is 0 Å². The molecule has 0 radical (unpaired) electrons. The van der Waals surface area contributed by atoms with Gasteiger partial charge in [-0.3, -0.25) is 4.79 Å². The van der Waals surface area contributed by atoms with Gasteiger partial charge in [0.25, 0.3) is 0 Å². The van der Waals surface area contributed by atoms with Crippen LogP contribution in [0.1, 0.15) is 47.0 Å². The molecule has 0 heterocycles. The van der Waals surface area contributed by atoms with E-state index in [9.17, 15) is 20.1 Å². The van der Waals surface area contributed by atoms with Crippen molar-refractivity contribution in [1.82, 2.24) is 0 Å². The second-order valence-electron chi connectivity index (χ2n) is 8.90. The van der Waals surface area contributed by atoms with Crippen LogP contribution in [0.3, 0.4) is 0 Å². The fraction of sp³-hybridized carbons (Fsp3) is 0.750. The summed E-state index contributed by atoms with van der Waals surface area (Å²) in [7, 11) is 0. The zero-order chi connectivity index (χ0) is 18.0. The van der Waals surface area contributed by atoms with Gasteiger partial charge >= 0.3 is 0 Å². The molecule has 0 aromatic heterocycles. The summed E-state index contributed by atoms with van der Waals surface area (Å²) in [6, 6.07) is 0. The van der Waals surface area contributed by atoms with Gasteiger partial charge in [-0.15, -0.1) is 0 Å². The second kappa shape index (κ2) is 5.52. The summed E-state index contributed by atoms with van der Waals surface area (Å²) in [6.07, 6.45) is 1.75. The lowest BCUT2D eigenvalue weighted by molar-refractivity contribution is -0.144. The molecule has 2 saturated carbocycles. The summed E-state index contributed by atoms with van der Waals surface area (Å²) in [4.78, 5) is 13.0. The van der Waals surface area contributed by atoms with E-state index in [1.54, 1.807) is 6.92 Å². The molecular formula is C20H30O4. The smallest absolute Gasteiger partial charge is 0.190 e. The Morgan fingerprint density at radius 2 is 1.92 bits per heavy atom. The Kier molecular flexibility index (Phi) is 4.10. The van der Waals surface area contributed by atoms with Gasteiger partial charge in [-0.1, -0.05) is 33.4 Å². The van der Waals surface area contributed by atoms with Crippen LogP contribution in [-0.2, 0) is 4.79 Å². The highest BCUT2D eigenvalue weighted by Gasteiger charge is 2.60. The quantitative estimate of drug-likeness (QED) is 0.594.